The number of hydrogen-bond acceptors (Lipinski definition) is 2. The second kappa shape index (κ2) is 4.83. The molecule has 2 amide bonds. The highest BCUT2D eigenvalue weighted by molar-refractivity contribution is 5.79. The number of amides is 2. The first-order valence-electron chi connectivity index (χ1n) is 4.62. The molecule has 0 aromatic heterocycles. The largest absolute Gasteiger partial charge is 0.388 e. The van der Waals surface area contributed by atoms with Gasteiger partial charge in [-0.25, -0.2) is 4.79 Å². The summed E-state index contributed by atoms with van der Waals surface area (Å²) in [5.74, 6) is 0.0774. The first kappa shape index (κ1) is 12.7. The fourth-order valence-corrected chi connectivity index (χ4v) is 0.981. The quantitative estimate of drug-likeness (QED) is 0.401. The highest BCUT2D eigenvalue weighted by atomic mass is 16.2. The van der Waals surface area contributed by atoms with Gasteiger partial charge in [0.2, 0.25) is 0 Å². The maximum atomic E-state index is 11.3. The fourth-order valence-electron chi connectivity index (χ4n) is 0.981. The fraction of sp³-hybridized carbons (Fsp3) is 0.778. The highest BCUT2D eigenvalue weighted by Crippen LogP contribution is 1.98. The minimum atomic E-state index is -0.250. The van der Waals surface area contributed by atoms with Gasteiger partial charge in [0.1, 0.15) is 0 Å². The average Bonchev–Trinajstić information content (AvgIpc) is 1.77. The lowest BCUT2D eigenvalue weighted by molar-refractivity contribution is 0.229. The van der Waals surface area contributed by atoms with Crippen molar-refractivity contribution in [3.8, 4) is 0 Å². The molecule has 5 N–H and O–H groups in total. The van der Waals surface area contributed by atoms with Crippen LogP contribution >= 0.6 is 0 Å². The van der Waals surface area contributed by atoms with E-state index in [0.717, 1.165) is 0 Å². The number of carbonyl (C=O) groups excluding carboxylic acids is 1. The van der Waals surface area contributed by atoms with Crippen molar-refractivity contribution in [3.63, 3.8) is 0 Å². The molecule has 0 aliphatic heterocycles. The van der Waals surface area contributed by atoms with E-state index in [1.807, 2.05) is 27.7 Å². The predicted octanol–water partition coefficient (Wildman–Crippen LogP) is 0.799. The van der Waals surface area contributed by atoms with E-state index in [1.54, 1.807) is 0 Å². The SMILES string of the molecule is CC(CC(=N)N)NC(=O)NC(C)(C)C. The zero-order valence-electron chi connectivity index (χ0n) is 9.27. The van der Waals surface area contributed by atoms with Crippen LogP contribution in [0.1, 0.15) is 34.1 Å². The van der Waals surface area contributed by atoms with Gasteiger partial charge in [0, 0.05) is 18.0 Å². The van der Waals surface area contributed by atoms with Crippen LogP contribution in [0.2, 0.25) is 0 Å². The molecule has 1 unspecified atom stereocenters. The zero-order chi connectivity index (χ0) is 11.4. The molecule has 0 spiro atoms. The topological polar surface area (TPSA) is 91.0 Å². The number of amidine groups is 1. The van der Waals surface area contributed by atoms with E-state index >= 15 is 0 Å². The molecule has 0 bridgehead atoms. The van der Waals surface area contributed by atoms with Crippen molar-refractivity contribution >= 4 is 11.9 Å². The predicted molar refractivity (Wildman–Crippen MR) is 57.4 cm³/mol. The first-order chi connectivity index (χ1) is 6.20. The molecular formula is C9H20N4O. The molecule has 5 heteroatoms. The summed E-state index contributed by atoms with van der Waals surface area (Å²) in [4.78, 5) is 11.3. The Labute approximate surface area is 84.9 Å². The third-order valence-corrected chi connectivity index (χ3v) is 1.39. The van der Waals surface area contributed by atoms with Crippen LogP contribution < -0.4 is 16.4 Å². The smallest absolute Gasteiger partial charge is 0.315 e. The summed E-state index contributed by atoms with van der Waals surface area (Å²) in [6.45, 7) is 7.52. The first-order valence-corrected chi connectivity index (χ1v) is 4.62. The van der Waals surface area contributed by atoms with Crippen LogP contribution in [0.4, 0.5) is 4.79 Å². The molecule has 0 fully saturated rings. The van der Waals surface area contributed by atoms with E-state index in [1.165, 1.54) is 0 Å². The molecule has 82 valence electrons. The number of rotatable bonds is 3. The Morgan fingerprint density at radius 1 is 1.50 bits per heavy atom. The van der Waals surface area contributed by atoms with Crippen molar-refractivity contribution in [1.82, 2.24) is 10.6 Å². The lowest BCUT2D eigenvalue weighted by Crippen LogP contribution is -2.49. The Hall–Kier alpha value is -1.26. The van der Waals surface area contributed by atoms with Crippen LogP contribution in [0.15, 0.2) is 0 Å². The van der Waals surface area contributed by atoms with Gasteiger partial charge in [0.15, 0.2) is 0 Å². The van der Waals surface area contributed by atoms with Crippen LogP contribution in [0.3, 0.4) is 0 Å². The maximum absolute atomic E-state index is 11.3. The number of urea groups is 1. The van der Waals surface area contributed by atoms with Gasteiger partial charge in [-0.3, -0.25) is 5.41 Å². The van der Waals surface area contributed by atoms with Crippen molar-refractivity contribution in [2.24, 2.45) is 5.73 Å². The van der Waals surface area contributed by atoms with E-state index in [9.17, 15) is 4.79 Å². The molecule has 0 aromatic carbocycles. The molecule has 0 rings (SSSR count). The van der Waals surface area contributed by atoms with Gasteiger partial charge in [-0.2, -0.15) is 0 Å². The summed E-state index contributed by atoms with van der Waals surface area (Å²) in [5, 5.41) is 12.5. The van der Waals surface area contributed by atoms with Gasteiger partial charge in [-0.15, -0.1) is 0 Å². The van der Waals surface area contributed by atoms with Gasteiger partial charge in [-0.05, 0) is 27.7 Å². The zero-order valence-corrected chi connectivity index (χ0v) is 9.27. The Balaban J connectivity index is 3.89. The Kier molecular flexibility index (Phi) is 4.40. The Morgan fingerprint density at radius 2 is 2.00 bits per heavy atom. The number of hydrogen-bond donors (Lipinski definition) is 4. The summed E-state index contributed by atoms with van der Waals surface area (Å²) in [6.07, 6.45) is 0.373. The Morgan fingerprint density at radius 3 is 2.36 bits per heavy atom. The second-order valence-electron chi connectivity index (χ2n) is 4.48. The molecule has 0 saturated heterocycles. The van der Waals surface area contributed by atoms with E-state index in [2.05, 4.69) is 10.6 Å². The molecule has 0 aliphatic carbocycles. The second-order valence-corrected chi connectivity index (χ2v) is 4.48. The van der Waals surface area contributed by atoms with Gasteiger partial charge < -0.3 is 16.4 Å². The summed E-state index contributed by atoms with van der Waals surface area (Å²) in [6, 6.07) is -0.346. The van der Waals surface area contributed by atoms with E-state index < -0.39 is 0 Å². The molecule has 0 aromatic rings. The van der Waals surface area contributed by atoms with Gasteiger partial charge in [0.25, 0.3) is 0 Å². The summed E-state index contributed by atoms with van der Waals surface area (Å²) in [7, 11) is 0. The minimum Gasteiger partial charge on any atom is -0.388 e. The van der Waals surface area contributed by atoms with Gasteiger partial charge in [0.05, 0.1) is 5.84 Å². The average molecular weight is 200 g/mol. The third-order valence-electron chi connectivity index (χ3n) is 1.39. The molecular weight excluding hydrogens is 180 g/mol. The summed E-state index contributed by atoms with van der Waals surface area (Å²) < 4.78 is 0. The molecule has 0 saturated carbocycles. The molecule has 14 heavy (non-hydrogen) atoms. The van der Waals surface area contributed by atoms with Gasteiger partial charge in [-0.1, -0.05) is 0 Å². The van der Waals surface area contributed by atoms with Crippen molar-refractivity contribution in [2.45, 2.75) is 45.7 Å². The van der Waals surface area contributed by atoms with Gasteiger partial charge >= 0.3 is 6.03 Å². The van der Waals surface area contributed by atoms with E-state index in [-0.39, 0.29) is 23.4 Å². The minimum absolute atomic E-state index is 0.0774. The molecule has 0 aliphatic rings. The standard InChI is InChI=1S/C9H20N4O/c1-6(5-7(10)11)12-8(14)13-9(2,3)4/h6H,5H2,1-4H3,(H3,10,11)(H2,12,13,14). The summed E-state index contributed by atoms with van der Waals surface area (Å²) in [5.41, 5.74) is 4.96. The Bertz CT molecular complexity index is 219. The normalized spacial score (nSPS) is 13.1. The van der Waals surface area contributed by atoms with Crippen LogP contribution in [-0.2, 0) is 0 Å². The van der Waals surface area contributed by atoms with Crippen LogP contribution in [-0.4, -0.2) is 23.4 Å². The van der Waals surface area contributed by atoms with Crippen molar-refractivity contribution in [3.05, 3.63) is 0 Å². The molecule has 0 heterocycles. The van der Waals surface area contributed by atoms with Crippen LogP contribution in [0, 0.1) is 5.41 Å². The number of nitrogens with two attached hydrogens (primary N) is 1. The number of nitrogens with one attached hydrogen (secondary N) is 3. The molecule has 0 radical (unpaired) electrons. The maximum Gasteiger partial charge on any atom is 0.315 e. The van der Waals surface area contributed by atoms with Crippen LogP contribution in [0.25, 0.3) is 0 Å². The lowest BCUT2D eigenvalue weighted by Gasteiger charge is -2.22. The summed E-state index contributed by atoms with van der Waals surface area (Å²) >= 11 is 0. The monoisotopic (exact) mass is 200 g/mol. The van der Waals surface area contributed by atoms with Crippen molar-refractivity contribution in [2.75, 3.05) is 0 Å². The van der Waals surface area contributed by atoms with Crippen molar-refractivity contribution in [1.29, 1.82) is 5.41 Å². The highest BCUT2D eigenvalue weighted by Gasteiger charge is 2.15. The number of carbonyl (C=O) groups is 1. The van der Waals surface area contributed by atoms with E-state index in [0.29, 0.717) is 6.42 Å². The third kappa shape index (κ3) is 7.39. The van der Waals surface area contributed by atoms with Crippen LogP contribution in [0.5, 0.6) is 0 Å². The lowest BCUT2D eigenvalue weighted by atomic mass is 10.1. The van der Waals surface area contributed by atoms with E-state index in [4.69, 9.17) is 11.1 Å². The van der Waals surface area contributed by atoms with Crippen molar-refractivity contribution < 1.29 is 4.79 Å². The molecule has 1 atom stereocenters. The molecule has 5 nitrogen and oxygen atoms in total.